The van der Waals surface area contributed by atoms with Gasteiger partial charge in [0.25, 0.3) is 0 Å². The van der Waals surface area contributed by atoms with Crippen molar-refractivity contribution in [2.24, 2.45) is 5.73 Å². The molecule has 1 aromatic carbocycles. The van der Waals surface area contributed by atoms with Crippen molar-refractivity contribution in [3.05, 3.63) is 48.2 Å². The highest BCUT2D eigenvalue weighted by Gasteiger charge is 2.11. The highest BCUT2D eigenvalue weighted by atomic mass is 16.5. The summed E-state index contributed by atoms with van der Waals surface area (Å²) in [5.41, 5.74) is 6.47. The van der Waals surface area contributed by atoms with Crippen LogP contribution < -0.4 is 10.5 Å². The van der Waals surface area contributed by atoms with Crippen LogP contribution in [0.5, 0.6) is 5.75 Å². The lowest BCUT2D eigenvalue weighted by Gasteiger charge is -2.06. The fourth-order valence-corrected chi connectivity index (χ4v) is 1.85. The second-order valence-electron chi connectivity index (χ2n) is 4.46. The molecule has 0 bridgehead atoms. The lowest BCUT2D eigenvalue weighted by Crippen LogP contribution is -2.05. The third-order valence-corrected chi connectivity index (χ3v) is 2.83. The molecule has 102 valence electrons. The number of fused-ring (bicyclic) bond motifs is 1. The van der Waals surface area contributed by atoms with E-state index in [1.54, 1.807) is 13.1 Å². The molecule has 0 saturated heterocycles. The smallest absolute Gasteiger partial charge is 0.243 e. The Labute approximate surface area is 115 Å². The Kier molecular flexibility index (Phi) is 3.30. The zero-order chi connectivity index (χ0) is 13.9. The fraction of sp³-hybridized carbons (Fsp3) is 0.214. The van der Waals surface area contributed by atoms with Gasteiger partial charge in [-0.1, -0.05) is 23.4 Å². The number of rotatable bonds is 4. The standard InChI is InChI=1S/C14H14N4O2/c1-9(15)14-17-12(18-20-14)8-19-11-6-2-4-10-5-3-7-16-13(10)11/h2-7,9H,8,15H2,1H3. The molecule has 2 aromatic heterocycles. The molecule has 0 aliphatic heterocycles. The molecule has 0 saturated carbocycles. The van der Waals surface area contributed by atoms with Crippen molar-refractivity contribution >= 4 is 10.9 Å². The van der Waals surface area contributed by atoms with E-state index in [2.05, 4.69) is 15.1 Å². The van der Waals surface area contributed by atoms with Crippen LogP contribution in [0.3, 0.4) is 0 Å². The first-order valence-electron chi connectivity index (χ1n) is 6.28. The second-order valence-corrected chi connectivity index (χ2v) is 4.46. The molecule has 0 aliphatic carbocycles. The molecule has 3 aromatic rings. The van der Waals surface area contributed by atoms with E-state index in [1.165, 1.54) is 0 Å². The van der Waals surface area contributed by atoms with Crippen LogP contribution in [-0.2, 0) is 6.61 Å². The first kappa shape index (κ1) is 12.6. The van der Waals surface area contributed by atoms with Crippen LogP contribution in [0.15, 0.2) is 41.1 Å². The maximum Gasteiger partial charge on any atom is 0.243 e. The Bertz CT molecular complexity index is 719. The van der Waals surface area contributed by atoms with Gasteiger partial charge in [-0.2, -0.15) is 4.98 Å². The van der Waals surface area contributed by atoms with E-state index in [4.69, 9.17) is 15.0 Å². The highest BCUT2D eigenvalue weighted by molar-refractivity contribution is 5.84. The SMILES string of the molecule is CC(N)c1nc(COc2cccc3cccnc23)no1. The second kappa shape index (κ2) is 5.26. The summed E-state index contributed by atoms with van der Waals surface area (Å²) < 4.78 is 10.7. The Balaban J connectivity index is 1.79. The summed E-state index contributed by atoms with van der Waals surface area (Å²) in [6, 6.07) is 9.36. The summed E-state index contributed by atoms with van der Waals surface area (Å²) >= 11 is 0. The predicted octanol–water partition coefficient (Wildman–Crippen LogP) is 2.22. The van der Waals surface area contributed by atoms with Gasteiger partial charge >= 0.3 is 0 Å². The van der Waals surface area contributed by atoms with Crippen LogP contribution >= 0.6 is 0 Å². The van der Waals surface area contributed by atoms with Gasteiger partial charge < -0.3 is 15.0 Å². The van der Waals surface area contributed by atoms with Crippen molar-refractivity contribution in [3.8, 4) is 5.75 Å². The third kappa shape index (κ3) is 2.46. The summed E-state index contributed by atoms with van der Waals surface area (Å²) in [5.74, 6) is 1.56. The van der Waals surface area contributed by atoms with Crippen molar-refractivity contribution in [3.63, 3.8) is 0 Å². The summed E-state index contributed by atoms with van der Waals surface area (Å²) in [6.07, 6.45) is 1.73. The molecule has 2 N–H and O–H groups in total. The van der Waals surface area contributed by atoms with Crippen molar-refractivity contribution in [1.82, 2.24) is 15.1 Å². The number of pyridine rings is 1. The quantitative estimate of drug-likeness (QED) is 0.782. The molecule has 6 heteroatoms. The average Bonchev–Trinajstić information content (AvgIpc) is 2.94. The van der Waals surface area contributed by atoms with Crippen LogP contribution in [0.1, 0.15) is 24.7 Å². The number of hydrogen-bond donors (Lipinski definition) is 1. The van der Waals surface area contributed by atoms with Gasteiger partial charge in [-0.3, -0.25) is 4.98 Å². The fourth-order valence-electron chi connectivity index (χ4n) is 1.85. The lowest BCUT2D eigenvalue weighted by atomic mass is 10.2. The number of para-hydroxylation sites is 1. The minimum atomic E-state index is -0.282. The summed E-state index contributed by atoms with van der Waals surface area (Å²) in [4.78, 5) is 8.47. The molecule has 0 amide bonds. The molecule has 3 rings (SSSR count). The van der Waals surface area contributed by atoms with E-state index >= 15 is 0 Å². The number of ether oxygens (including phenoxy) is 1. The molecule has 0 radical (unpaired) electrons. The van der Waals surface area contributed by atoms with E-state index in [0.717, 1.165) is 10.9 Å². The molecular weight excluding hydrogens is 256 g/mol. The van der Waals surface area contributed by atoms with Crippen molar-refractivity contribution in [1.29, 1.82) is 0 Å². The minimum absolute atomic E-state index is 0.214. The lowest BCUT2D eigenvalue weighted by molar-refractivity contribution is 0.286. The number of hydrogen-bond acceptors (Lipinski definition) is 6. The van der Waals surface area contributed by atoms with E-state index in [-0.39, 0.29) is 12.6 Å². The largest absolute Gasteiger partial charge is 0.483 e. The summed E-state index contributed by atoms with van der Waals surface area (Å²) in [6.45, 7) is 2.00. The zero-order valence-electron chi connectivity index (χ0n) is 11.0. The number of nitrogens with zero attached hydrogens (tertiary/aromatic N) is 3. The maximum atomic E-state index is 5.71. The van der Waals surface area contributed by atoms with E-state index in [1.807, 2.05) is 30.3 Å². The van der Waals surface area contributed by atoms with E-state index in [9.17, 15) is 0 Å². The monoisotopic (exact) mass is 270 g/mol. The van der Waals surface area contributed by atoms with Gasteiger partial charge in [-0.25, -0.2) is 0 Å². The van der Waals surface area contributed by atoms with Gasteiger partial charge in [0, 0.05) is 11.6 Å². The van der Waals surface area contributed by atoms with Gasteiger partial charge in [0.15, 0.2) is 6.61 Å². The molecule has 0 aliphatic rings. The van der Waals surface area contributed by atoms with E-state index in [0.29, 0.717) is 17.5 Å². The normalized spacial score (nSPS) is 12.5. The van der Waals surface area contributed by atoms with Gasteiger partial charge in [-0.15, -0.1) is 0 Å². The molecule has 0 spiro atoms. The minimum Gasteiger partial charge on any atom is -0.483 e. The Morgan fingerprint density at radius 2 is 2.15 bits per heavy atom. The predicted molar refractivity (Wildman–Crippen MR) is 73.0 cm³/mol. The van der Waals surface area contributed by atoms with Crippen LogP contribution in [0.2, 0.25) is 0 Å². The first-order valence-corrected chi connectivity index (χ1v) is 6.28. The number of nitrogens with two attached hydrogens (primary N) is 1. The molecule has 6 nitrogen and oxygen atoms in total. The highest BCUT2D eigenvalue weighted by Crippen LogP contribution is 2.23. The third-order valence-electron chi connectivity index (χ3n) is 2.83. The molecule has 1 atom stereocenters. The maximum absolute atomic E-state index is 5.71. The molecule has 2 heterocycles. The van der Waals surface area contributed by atoms with Gasteiger partial charge in [0.2, 0.25) is 11.7 Å². The average molecular weight is 270 g/mol. The van der Waals surface area contributed by atoms with E-state index < -0.39 is 0 Å². The Morgan fingerprint density at radius 3 is 2.95 bits per heavy atom. The zero-order valence-corrected chi connectivity index (χ0v) is 11.0. The van der Waals surface area contributed by atoms with Crippen molar-refractivity contribution in [2.75, 3.05) is 0 Å². The summed E-state index contributed by atoms with van der Waals surface area (Å²) in [5, 5.41) is 4.84. The van der Waals surface area contributed by atoms with Gasteiger partial charge in [-0.05, 0) is 19.1 Å². The van der Waals surface area contributed by atoms with Gasteiger partial charge in [0.05, 0.1) is 6.04 Å². The van der Waals surface area contributed by atoms with Crippen LogP contribution in [-0.4, -0.2) is 15.1 Å². The Hall–Kier alpha value is -2.47. The molecule has 20 heavy (non-hydrogen) atoms. The first-order chi connectivity index (χ1) is 9.74. The topological polar surface area (TPSA) is 87.1 Å². The molecular formula is C14H14N4O2. The Morgan fingerprint density at radius 1 is 1.30 bits per heavy atom. The van der Waals surface area contributed by atoms with Crippen LogP contribution in [0.4, 0.5) is 0 Å². The van der Waals surface area contributed by atoms with Crippen molar-refractivity contribution in [2.45, 2.75) is 19.6 Å². The number of benzene rings is 1. The summed E-state index contributed by atoms with van der Waals surface area (Å²) in [7, 11) is 0. The molecule has 0 fully saturated rings. The molecule has 1 unspecified atom stereocenters. The van der Waals surface area contributed by atoms with Crippen LogP contribution in [0.25, 0.3) is 10.9 Å². The number of aromatic nitrogens is 3. The van der Waals surface area contributed by atoms with Gasteiger partial charge in [0.1, 0.15) is 11.3 Å². The van der Waals surface area contributed by atoms with Crippen molar-refractivity contribution < 1.29 is 9.26 Å². The van der Waals surface area contributed by atoms with Crippen LogP contribution in [0, 0.1) is 0 Å².